The second-order valence-electron chi connectivity index (χ2n) is 4.48. The molecule has 0 aliphatic heterocycles. The molecule has 2 unspecified atom stereocenters. The Morgan fingerprint density at radius 1 is 1.62 bits per heavy atom. The highest BCUT2D eigenvalue weighted by Crippen LogP contribution is 2.24. The molecule has 1 amide bonds. The molecule has 3 N–H and O–H groups in total. The second-order valence-corrected chi connectivity index (χ2v) is 4.48. The lowest BCUT2D eigenvalue weighted by molar-refractivity contribution is 0.0916. The Hall–Kier alpha value is -1.29. The maximum absolute atomic E-state index is 11.8. The van der Waals surface area contributed by atoms with Crippen LogP contribution in [-0.2, 0) is 0 Å². The van der Waals surface area contributed by atoms with Gasteiger partial charge in [0.05, 0.1) is 11.7 Å². The van der Waals surface area contributed by atoms with Gasteiger partial charge in [-0.2, -0.15) is 0 Å². The highest BCUT2D eigenvalue weighted by molar-refractivity contribution is 5.95. The number of aromatic nitrogens is 1. The van der Waals surface area contributed by atoms with Crippen molar-refractivity contribution in [2.75, 3.05) is 6.54 Å². The molecule has 1 aromatic rings. The molecular formula is C12H18N2O2. The van der Waals surface area contributed by atoms with Crippen LogP contribution in [0.2, 0.25) is 0 Å². The Kier molecular flexibility index (Phi) is 3.29. The lowest BCUT2D eigenvalue weighted by Crippen LogP contribution is -2.32. The van der Waals surface area contributed by atoms with E-state index in [4.69, 9.17) is 0 Å². The third-order valence-corrected chi connectivity index (χ3v) is 3.34. The zero-order valence-corrected chi connectivity index (χ0v) is 9.49. The van der Waals surface area contributed by atoms with Gasteiger partial charge in [-0.25, -0.2) is 0 Å². The molecule has 0 aromatic carbocycles. The summed E-state index contributed by atoms with van der Waals surface area (Å²) < 4.78 is 0. The highest BCUT2D eigenvalue weighted by atomic mass is 16.3. The number of aliphatic hydroxyl groups excluding tert-OH is 1. The minimum atomic E-state index is -0.243. The Bertz CT molecular complexity index is 373. The molecule has 88 valence electrons. The van der Waals surface area contributed by atoms with Gasteiger partial charge in [0.1, 0.15) is 0 Å². The van der Waals surface area contributed by atoms with Crippen LogP contribution in [0.1, 0.15) is 35.3 Å². The van der Waals surface area contributed by atoms with E-state index in [0.717, 1.165) is 25.0 Å². The van der Waals surface area contributed by atoms with Gasteiger partial charge < -0.3 is 15.4 Å². The van der Waals surface area contributed by atoms with E-state index >= 15 is 0 Å². The van der Waals surface area contributed by atoms with Crippen molar-refractivity contribution in [2.24, 2.45) is 5.92 Å². The van der Waals surface area contributed by atoms with Gasteiger partial charge in [-0.05, 0) is 25.8 Å². The molecule has 4 heteroatoms. The Balaban J connectivity index is 1.86. The van der Waals surface area contributed by atoms with Crippen LogP contribution in [-0.4, -0.2) is 28.6 Å². The van der Waals surface area contributed by atoms with Gasteiger partial charge in [-0.1, -0.05) is 6.42 Å². The van der Waals surface area contributed by atoms with Crippen molar-refractivity contribution in [1.82, 2.24) is 10.3 Å². The first-order valence-corrected chi connectivity index (χ1v) is 5.78. The average Bonchev–Trinajstić information content (AvgIpc) is 2.84. The van der Waals surface area contributed by atoms with Crippen molar-refractivity contribution >= 4 is 5.91 Å². The van der Waals surface area contributed by atoms with Crippen LogP contribution < -0.4 is 5.32 Å². The van der Waals surface area contributed by atoms with Crippen molar-refractivity contribution in [3.63, 3.8) is 0 Å². The normalized spacial score (nSPS) is 24.6. The predicted molar refractivity (Wildman–Crippen MR) is 61.2 cm³/mol. The molecule has 1 aliphatic carbocycles. The smallest absolute Gasteiger partial charge is 0.253 e. The third kappa shape index (κ3) is 2.27. The SMILES string of the molecule is Cc1[nH]ccc1C(=O)NCC1CCCC1O. The van der Waals surface area contributed by atoms with Gasteiger partial charge in [0.2, 0.25) is 0 Å². The van der Waals surface area contributed by atoms with E-state index in [2.05, 4.69) is 10.3 Å². The van der Waals surface area contributed by atoms with Crippen molar-refractivity contribution < 1.29 is 9.90 Å². The first kappa shape index (κ1) is 11.2. The van der Waals surface area contributed by atoms with Crippen LogP contribution in [0.3, 0.4) is 0 Å². The summed E-state index contributed by atoms with van der Waals surface area (Å²) in [4.78, 5) is 14.8. The topological polar surface area (TPSA) is 65.1 Å². The lowest BCUT2D eigenvalue weighted by atomic mass is 10.1. The molecule has 0 spiro atoms. The van der Waals surface area contributed by atoms with Gasteiger partial charge in [-0.3, -0.25) is 4.79 Å². The molecule has 4 nitrogen and oxygen atoms in total. The number of nitrogens with one attached hydrogen (secondary N) is 2. The number of aliphatic hydroxyl groups is 1. The molecule has 0 saturated heterocycles. The van der Waals surface area contributed by atoms with Crippen molar-refractivity contribution in [2.45, 2.75) is 32.3 Å². The molecule has 0 radical (unpaired) electrons. The largest absolute Gasteiger partial charge is 0.393 e. The molecule has 1 aliphatic rings. The predicted octanol–water partition coefficient (Wildman–Crippen LogP) is 1.21. The van der Waals surface area contributed by atoms with E-state index in [0.29, 0.717) is 12.1 Å². The van der Waals surface area contributed by atoms with Crippen LogP contribution in [0.4, 0.5) is 0 Å². The first-order valence-electron chi connectivity index (χ1n) is 5.78. The number of hydrogen-bond acceptors (Lipinski definition) is 2. The van der Waals surface area contributed by atoms with Crippen LogP contribution in [0.15, 0.2) is 12.3 Å². The van der Waals surface area contributed by atoms with E-state index < -0.39 is 0 Å². The van der Waals surface area contributed by atoms with Crippen molar-refractivity contribution in [3.05, 3.63) is 23.5 Å². The quantitative estimate of drug-likeness (QED) is 0.719. The molecule has 1 saturated carbocycles. The van der Waals surface area contributed by atoms with Gasteiger partial charge >= 0.3 is 0 Å². The van der Waals surface area contributed by atoms with Gasteiger partial charge in [0.15, 0.2) is 0 Å². The van der Waals surface area contributed by atoms with E-state index in [1.807, 2.05) is 6.92 Å². The summed E-state index contributed by atoms with van der Waals surface area (Å²) in [6, 6.07) is 1.77. The van der Waals surface area contributed by atoms with Crippen LogP contribution in [0, 0.1) is 12.8 Å². The third-order valence-electron chi connectivity index (χ3n) is 3.34. The summed E-state index contributed by atoms with van der Waals surface area (Å²) in [5, 5.41) is 12.5. The molecular weight excluding hydrogens is 204 g/mol. The standard InChI is InChI=1S/C12H18N2O2/c1-8-10(5-6-13-8)12(16)14-7-9-3-2-4-11(9)15/h5-6,9,11,13,15H,2-4,7H2,1H3,(H,14,16). The molecule has 16 heavy (non-hydrogen) atoms. The van der Waals surface area contributed by atoms with Crippen LogP contribution in [0.5, 0.6) is 0 Å². The van der Waals surface area contributed by atoms with Gasteiger partial charge in [-0.15, -0.1) is 0 Å². The maximum atomic E-state index is 11.8. The average molecular weight is 222 g/mol. The fourth-order valence-electron chi connectivity index (χ4n) is 2.27. The Morgan fingerprint density at radius 2 is 2.44 bits per heavy atom. The summed E-state index contributed by atoms with van der Waals surface area (Å²) in [5.41, 5.74) is 1.57. The zero-order chi connectivity index (χ0) is 11.5. The van der Waals surface area contributed by atoms with Gasteiger partial charge in [0.25, 0.3) is 5.91 Å². The van der Waals surface area contributed by atoms with Crippen molar-refractivity contribution in [1.29, 1.82) is 0 Å². The molecule has 1 fully saturated rings. The number of H-pyrrole nitrogens is 1. The highest BCUT2D eigenvalue weighted by Gasteiger charge is 2.25. The summed E-state index contributed by atoms with van der Waals surface area (Å²) >= 11 is 0. The Labute approximate surface area is 95.1 Å². The van der Waals surface area contributed by atoms with Crippen molar-refractivity contribution in [3.8, 4) is 0 Å². The molecule has 1 heterocycles. The summed E-state index contributed by atoms with van der Waals surface area (Å²) in [5.74, 6) is 0.168. The summed E-state index contributed by atoms with van der Waals surface area (Å²) in [6.45, 7) is 2.45. The van der Waals surface area contributed by atoms with E-state index in [1.54, 1.807) is 12.3 Å². The van der Waals surface area contributed by atoms with Crippen LogP contribution >= 0.6 is 0 Å². The number of carbonyl (C=O) groups is 1. The van der Waals surface area contributed by atoms with E-state index in [9.17, 15) is 9.90 Å². The molecule has 0 bridgehead atoms. The molecule has 1 aromatic heterocycles. The van der Waals surface area contributed by atoms with Gasteiger partial charge in [0, 0.05) is 24.4 Å². The van der Waals surface area contributed by atoms with Crippen LogP contribution in [0.25, 0.3) is 0 Å². The minimum Gasteiger partial charge on any atom is -0.393 e. The Morgan fingerprint density at radius 3 is 3.00 bits per heavy atom. The number of rotatable bonds is 3. The fourth-order valence-corrected chi connectivity index (χ4v) is 2.27. The maximum Gasteiger partial charge on any atom is 0.253 e. The van der Waals surface area contributed by atoms with E-state index in [-0.39, 0.29) is 17.9 Å². The number of amides is 1. The summed E-state index contributed by atoms with van der Waals surface area (Å²) in [7, 11) is 0. The van der Waals surface area contributed by atoms with E-state index in [1.165, 1.54) is 0 Å². The molecule has 2 atom stereocenters. The number of aryl methyl sites for hydroxylation is 1. The minimum absolute atomic E-state index is 0.0575. The lowest BCUT2D eigenvalue weighted by Gasteiger charge is -2.14. The first-order chi connectivity index (χ1) is 7.68. The second kappa shape index (κ2) is 4.70. The summed E-state index contributed by atoms with van der Waals surface area (Å²) in [6.07, 6.45) is 4.45. The zero-order valence-electron chi connectivity index (χ0n) is 9.49. The molecule has 2 rings (SSSR count). The fraction of sp³-hybridized carbons (Fsp3) is 0.583. The monoisotopic (exact) mass is 222 g/mol. The number of carbonyl (C=O) groups excluding carboxylic acids is 1. The number of hydrogen-bond donors (Lipinski definition) is 3. The number of aromatic amines is 1.